The zero-order chi connectivity index (χ0) is 13.9. The number of halogens is 1. The minimum absolute atomic E-state index is 0.528. The van der Waals surface area contributed by atoms with Crippen molar-refractivity contribution in [3.63, 3.8) is 0 Å². The highest BCUT2D eigenvalue weighted by molar-refractivity contribution is 7.99. The zero-order valence-corrected chi connectivity index (χ0v) is 12.9. The lowest BCUT2D eigenvalue weighted by atomic mass is 10.2. The summed E-state index contributed by atoms with van der Waals surface area (Å²) < 4.78 is 2.22. The van der Waals surface area contributed by atoms with Crippen LogP contribution in [0.4, 0.5) is 0 Å². The van der Waals surface area contributed by atoms with E-state index in [1.807, 2.05) is 0 Å². The first-order valence-electron chi connectivity index (χ1n) is 6.89. The normalized spacial score (nSPS) is 14.9. The molecule has 1 aliphatic rings. The molecule has 0 atom stereocenters. The largest absolute Gasteiger partial charge is 0.306 e. The van der Waals surface area contributed by atoms with E-state index in [1.165, 1.54) is 37.4 Å². The molecule has 2 aromatic rings. The van der Waals surface area contributed by atoms with Crippen molar-refractivity contribution in [2.75, 3.05) is 0 Å². The molecule has 7 heteroatoms. The van der Waals surface area contributed by atoms with E-state index in [0.29, 0.717) is 5.15 Å². The van der Waals surface area contributed by atoms with Gasteiger partial charge < -0.3 is 4.57 Å². The third-order valence-corrected chi connectivity index (χ3v) is 4.83. The third kappa shape index (κ3) is 2.67. The first-order chi connectivity index (χ1) is 9.79. The van der Waals surface area contributed by atoms with E-state index in [4.69, 9.17) is 11.6 Å². The minimum atomic E-state index is 0.528. The Kier molecular flexibility index (Phi) is 4.21. The van der Waals surface area contributed by atoms with Gasteiger partial charge in [-0.25, -0.2) is 9.97 Å². The highest BCUT2D eigenvalue weighted by Gasteiger charge is 2.18. The van der Waals surface area contributed by atoms with Gasteiger partial charge in [0.05, 0.1) is 0 Å². The Bertz CT molecular complexity index is 613. The molecule has 2 aromatic heterocycles. The molecule has 0 N–H and O–H groups in total. The molecule has 1 aliphatic heterocycles. The predicted molar refractivity (Wildman–Crippen MR) is 78.1 cm³/mol. The summed E-state index contributed by atoms with van der Waals surface area (Å²) in [6.45, 7) is 3.05. The second-order valence-corrected chi connectivity index (χ2v) is 6.08. The lowest BCUT2D eigenvalue weighted by Crippen LogP contribution is -2.03. The van der Waals surface area contributed by atoms with Crippen molar-refractivity contribution >= 4 is 23.4 Å². The minimum Gasteiger partial charge on any atom is -0.306 e. The number of hydrogen-bond donors (Lipinski definition) is 0. The second kappa shape index (κ2) is 6.10. The van der Waals surface area contributed by atoms with E-state index in [9.17, 15) is 0 Å². The van der Waals surface area contributed by atoms with Gasteiger partial charge in [-0.3, -0.25) is 0 Å². The average Bonchev–Trinajstić information content (AvgIpc) is 2.68. The number of rotatable bonds is 3. The van der Waals surface area contributed by atoms with E-state index in [2.05, 4.69) is 31.7 Å². The summed E-state index contributed by atoms with van der Waals surface area (Å²) in [5.41, 5.74) is 0.977. The van der Waals surface area contributed by atoms with Gasteiger partial charge in [-0.05, 0) is 31.0 Å². The SMILES string of the molecule is CCc1c(Cl)ncnc1Sc1nnc2n1CCCCC2. The van der Waals surface area contributed by atoms with Crippen molar-refractivity contribution in [3.8, 4) is 0 Å². The predicted octanol–water partition coefficient (Wildman–Crippen LogP) is 3.16. The molecule has 0 radical (unpaired) electrons. The maximum Gasteiger partial charge on any atom is 0.197 e. The number of hydrogen-bond acceptors (Lipinski definition) is 5. The molecule has 0 saturated heterocycles. The van der Waals surface area contributed by atoms with E-state index in [-0.39, 0.29) is 0 Å². The standard InChI is InChI=1S/C13H16ClN5S/c1-2-9-11(14)15-8-16-12(9)20-13-18-17-10-6-4-3-5-7-19(10)13/h8H,2-7H2,1H3. The van der Waals surface area contributed by atoms with Crippen LogP contribution in [0, 0.1) is 0 Å². The summed E-state index contributed by atoms with van der Waals surface area (Å²) >= 11 is 7.67. The number of fused-ring (bicyclic) bond motifs is 1. The quantitative estimate of drug-likeness (QED) is 0.815. The van der Waals surface area contributed by atoms with Gasteiger partial charge in [0.15, 0.2) is 5.16 Å². The van der Waals surface area contributed by atoms with Crippen molar-refractivity contribution < 1.29 is 0 Å². The second-order valence-electron chi connectivity index (χ2n) is 4.76. The van der Waals surface area contributed by atoms with E-state index in [0.717, 1.165) is 41.0 Å². The van der Waals surface area contributed by atoms with Crippen LogP contribution in [-0.2, 0) is 19.4 Å². The fourth-order valence-corrected chi connectivity index (χ4v) is 3.73. The summed E-state index contributed by atoms with van der Waals surface area (Å²) in [5.74, 6) is 1.09. The summed E-state index contributed by atoms with van der Waals surface area (Å²) in [6.07, 6.45) is 6.96. The van der Waals surface area contributed by atoms with Gasteiger partial charge in [0.2, 0.25) is 0 Å². The van der Waals surface area contributed by atoms with Crippen LogP contribution in [0.15, 0.2) is 16.5 Å². The first kappa shape index (κ1) is 13.8. The van der Waals surface area contributed by atoms with Crippen LogP contribution in [0.1, 0.15) is 37.6 Å². The number of aryl methyl sites for hydroxylation is 1. The molecule has 3 rings (SSSR count). The zero-order valence-electron chi connectivity index (χ0n) is 11.3. The van der Waals surface area contributed by atoms with E-state index in [1.54, 1.807) is 0 Å². The topological polar surface area (TPSA) is 56.5 Å². The van der Waals surface area contributed by atoms with Crippen LogP contribution in [-0.4, -0.2) is 24.7 Å². The summed E-state index contributed by atoms with van der Waals surface area (Å²) in [6, 6.07) is 0. The molecule has 5 nitrogen and oxygen atoms in total. The van der Waals surface area contributed by atoms with Crippen LogP contribution in [0.25, 0.3) is 0 Å². The van der Waals surface area contributed by atoms with Gasteiger partial charge in [-0.2, -0.15) is 0 Å². The third-order valence-electron chi connectivity index (χ3n) is 3.47. The van der Waals surface area contributed by atoms with Crippen LogP contribution in [0.2, 0.25) is 5.15 Å². The molecular formula is C13H16ClN5S. The lowest BCUT2D eigenvalue weighted by molar-refractivity contribution is 0.590. The lowest BCUT2D eigenvalue weighted by Gasteiger charge is -2.08. The Labute approximate surface area is 127 Å². The van der Waals surface area contributed by atoms with Crippen molar-refractivity contribution in [1.29, 1.82) is 0 Å². The number of aromatic nitrogens is 5. The van der Waals surface area contributed by atoms with Crippen LogP contribution in [0.5, 0.6) is 0 Å². The Morgan fingerprint density at radius 1 is 1.25 bits per heavy atom. The Morgan fingerprint density at radius 2 is 2.15 bits per heavy atom. The number of nitrogens with zero attached hydrogens (tertiary/aromatic N) is 5. The van der Waals surface area contributed by atoms with Crippen LogP contribution in [0.3, 0.4) is 0 Å². The molecule has 3 heterocycles. The smallest absolute Gasteiger partial charge is 0.197 e. The molecule has 0 aliphatic carbocycles. The summed E-state index contributed by atoms with van der Waals surface area (Å²) in [4.78, 5) is 8.38. The fraction of sp³-hybridized carbons (Fsp3) is 0.538. The van der Waals surface area contributed by atoms with Gasteiger partial charge in [-0.1, -0.05) is 24.9 Å². The highest BCUT2D eigenvalue weighted by Crippen LogP contribution is 2.31. The van der Waals surface area contributed by atoms with Crippen molar-refractivity contribution in [1.82, 2.24) is 24.7 Å². The summed E-state index contributed by atoms with van der Waals surface area (Å²) in [5, 5.41) is 10.9. The Hall–Kier alpha value is -1.14. The van der Waals surface area contributed by atoms with Gasteiger partial charge in [-0.15, -0.1) is 10.2 Å². The van der Waals surface area contributed by atoms with Crippen molar-refractivity contribution in [3.05, 3.63) is 22.9 Å². The molecule has 0 fully saturated rings. The Balaban J connectivity index is 1.92. The van der Waals surface area contributed by atoms with E-state index < -0.39 is 0 Å². The molecule has 0 saturated carbocycles. The molecule has 0 spiro atoms. The molecule has 0 amide bonds. The molecular weight excluding hydrogens is 294 g/mol. The molecule has 106 valence electrons. The van der Waals surface area contributed by atoms with E-state index >= 15 is 0 Å². The monoisotopic (exact) mass is 309 g/mol. The average molecular weight is 310 g/mol. The van der Waals surface area contributed by atoms with Crippen LogP contribution < -0.4 is 0 Å². The van der Waals surface area contributed by atoms with Gasteiger partial charge in [0.1, 0.15) is 22.3 Å². The molecule has 20 heavy (non-hydrogen) atoms. The van der Waals surface area contributed by atoms with Crippen molar-refractivity contribution in [2.45, 2.75) is 55.8 Å². The van der Waals surface area contributed by atoms with Gasteiger partial charge >= 0.3 is 0 Å². The summed E-state index contributed by atoms with van der Waals surface area (Å²) in [7, 11) is 0. The van der Waals surface area contributed by atoms with Gasteiger partial charge in [0.25, 0.3) is 0 Å². The maximum absolute atomic E-state index is 6.13. The maximum atomic E-state index is 6.13. The fourth-order valence-electron chi connectivity index (χ4n) is 2.38. The molecule has 0 aromatic carbocycles. The first-order valence-corrected chi connectivity index (χ1v) is 8.08. The molecule has 0 bridgehead atoms. The van der Waals surface area contributed by atoms with Crippen molar-refractivity contribution in [2.24, 2.45) is 0 Å². The highest BCUT2D eigenvalue weighted by atomic mass is 35.5. The molecule has 0 unspecified atom stereocenters. The van der Waals surface area contributed by atoms with Gasteiger partial charge in [0, 0.05) is 18.5 Å². The van der Waals surface area contributed by atoms with Crippen LogP contribution >= 0.6 is 23.4 Å². The Morgan fingerprint density at radius 3 is 3.00 bits per heavy atom.